The lowest BCUT2D eigenvalue weighted by Gasteiger charge is -2.09. The van der Waals surface area contributed by atoms with Crippen molar-refractivity contribution in [2.45, 2.75) is 20.3 Å². The number of halogens is 1. The molecule has 5 heteroatoms. The third kappa shape index (κ3) is 4.23. The first-order valence-electron chi connectivity index (χ1n) is 5.66. The summed E-state index contributed by atoms with van der Waals surface area (Å²) in [4.78, 5) is 15.9. The summed E-state index contributed by atoms with van der Waals surface area (Å²) in [5, 5.41) is 6.08. The average molecular weight is 256 g/mol. The lowest BCUT2D eigenvalue weighted by molar-refractivity contribution is 0.0952. The minimum Gasteiger partial charge on any atom is -0.373 e. The van der Waals surface area contributed by atoms with Crippen molar-refractivity contribution in [3.63, 3.8) is 0 Å². The van der Waals surface area contributed by atoms with Crippen molar-refractivity contribution in [3.05, 3.63) is 22.8 Å². The van der Waals surface area contributed by atoms with Crippen molar-refractivity contribution in [1.29, 1.82) is 0 Å². The second-order valence-corrected chi connectivity index (χ2v) is 4.65. The van der Waals surface area contributed by atoms with Crippen LogP contribution in [0, 0.1) is 5.92 Å². The Morgan fingerprint density at radius 1 is 1.53 bits per heavy atom. The van der Waals surface area contributed by atoms with Crippen LogP contribution in [-0.4, -0.2) is 24.5 Å². The van der Waals surface area contributed by atoms with Crippen molar-refractivity contribution in [2.75, 3.05) is 18.9 Å². The molecule has 0 saturated heterocycles. The maximum Gasteiger partial charge on any atom is 0.252 e. The van der Waals surface area contributed by atoms with Gasteiger partial charge >= 0.3 is 0 Å². The normalized spacial score (nSPS) is 10.4. The van der Waals surface area contributed by atoms with E-state index in [1.165, 1.54) is 6.20 Å². The zero-order chi connectivity index (χ0) is 12.8. The standard InChI is InChI=1S/C12H18ClN3O/c1-8(2)4-5-15-12(17)9-6-11(14-3)16-7-10(9)13/h6-8H,4-5H2,1-3H3,(H,14,16)(H,15,17). The molecule has 1 aromatic rings. The van der Waals surface area contributed by atoms with Gasteiger partial charge < -0.3 is 10.6 Å². The Hall–Kier alpha value is -1.29. The minimum atomic E-state index is -0.158. The third-order valence-electron chi connectivity index (χ3n) is 2.36. The summed E-state index contributed by atoms with van der Waals surface area (Å²) in [5.74, 6) is 1.04. The van der Waals surface area contributed by atoms with Crippen LogP contribution in [-0.2, 0) is 0 Å². The smallest absolute Gasteiger partial charge is 0.252 e. The molecule has 1 rings (SSSR count). The molecule has 2 N–H and O–H groups in total. The van der Waals surface area contributed by atoms with Crippen LogP contribution < -0.4 is 10.6 Å². The highest BCUT2D eigenvalue weighted by Crippen LogP contribution is 2.17. The highest BCUT2D eigenvalue weighted by atomic mass is 35.5. The van der Waals surface area contributed by atoms with Crippen LogP contribution in [0.15, 0.2) is 12.3 Å². The summed E-state index contributed by atoms with van der Waals surface area (Å²) in [6.07, 6.45) is 2.43. The molecule has 17 heavy (non-hydrogen) atoms. The molecule has 0 spiro atoms. The first-order valence-corrected chi connectivity index (χ1v) is 6.04. The van der Waals surface area contributed by atoms with Crippen molar-refractivity contribution < 1.29 is 4.79 Å². The van der Waals surface area contributed by atoms with Gasteiger partial charge in [-0.1, -0.05) is 25.4 Å². The first kappa shape index (κ1) is 13.8. The van der Waals surface area contributed by atoms with Crippen molar-refractivity contribution in [3.8, 4) is 0 Å². The molecule has 4 nitrogen and oxygen atoms in total. The molecule has 0 radical (unpaired) electrons. The van der Waals surface area contributed by atoms with E-state index in [1.54, 1.807) is 13.1 Å². The molecule has 1 aromatic heterocycles. The molecule has 0 fully saturated rings. The number of nitrogens with zero attached hydrogens (tertiary/aromatic N) is 1. The Morgan fingerprint density at radius 3 is 2.82 bits per heavy atom. The number of carbonyl (C=O) groups excluding carboxylic acids is 1. The fourth-order valence-corrected chi connectivity index (χ4v) is 1.51. The summed E-state index contributed by atoms with van der Waals surface area (Å²) in [5.41, 5.74) is 0.453. The number of aromatic nitrogens is 1. The highest BCUT2D eigenvalue weighted by molar-refractivity contribution is 6.33. The fraction of sp³-hybridized carbons (Fsp3) is 0.500. The third-order valence-corrected chi connectivity index (χ3v) is 2.66. The van der Waals surface area contributed by atoms with Crippen molar-refractivity contribution >= 4 is 23.3 Å². The number of amides is 1. The number of carbonyl (C=O) groups is 1. The number of hydrogen-bond acceptors (Lipinski definition) is 3. The van der Waals surface area contributed by atoms with Crippen LogP contribution in [0.1, 0.15) is 30.6 Å². The molecule has 1 amide bonds. The van der Waals surface area contributed by atoms with Crippen LogP contribution in [0.2, 0.25) is 5.02 Å². The van der Waals surface area contributed by atoms with Gasteiger partial charge in [0.15, 0.2) is 0 Å². The van der Waals surface area contributed by atoms with E-state index in [4.69, 9.17) is 11.6 Å². The number of rotatable bonds is 5. The molecule has 94 valence electrons. The monoisotopic (exact) mass is 255 g/mol. The second-order valence-electron chi connectivity index (χ2n) is 4.24. The Bertz CT molecular complexity index is 393. The van der Waals surface area contributed by atoms with Gasteiger partial charge in [0.1, 0.15) is 5.82 Å². The maximum atomic E-state index is 11.9. The predicted octanol–water partition coefficient (Wildman–Crippen LogP) is 2.55. The van der Waals surface area contributed by atoms with Gasteiger partial charge in [-0.2, -0.15) is 0 Å². The lowest BCUT2D eigenvalue weighted by Crippen LogP contribution is -2.25. The molecular formula is C12H18ClN3O. The van der Waals surface area contributed by atoms with Gasteiger partial charge in [0.25, 0.3) is 5.91 Å². The second kappa shape index (κ2) is 6.45. The van der Waals surface area contributed by atoms with E-state index in [0.29, 0.717) is 28.9 Å². The molecule has 0 atom stereocenters. The van der Waals surface area contributed by atoms with E-state index in [0.717, 1.165) is 6.42 Å². The van der Waals surface area contributed by atoms with E-state index < -0.39 is 0 Å². The average Bonchev–Trinajstić information content (AvgIpc) is 2.29. The number of pyridine rings is 1. The molecule has 0 saturated carbocycles. The topological polar surface area (TPSA) is 54.0 Å². The van der Waals surface area contributed by atoms with Gasteiger partial charge in [0.2, 0.25) is 0 Å². The molecule has 1 heterocycles. The Balaban J connectivity index is 2.67. The van der Waals surface area contributed by atoms with Gasteiger partial charge in [0.05, 0.1) is 10.6 Å². The largest absolute Gasteiger partial charge is 0.373 e. The highest BCUT2D eigenvalue weighted by Gasteiger charge is 2.11. The van der Waals surface area contributed by atoms with Gasteiger partial charge in [-0.15, -0.1) is 0 Å². The Kier molecular flexibility index (Phi) is 5.22. The van der Waals surface area contributed by atoms with Crippen LogP contribution >= 0.6 is 11.6 Å². The van der Waals surface area contributed by atoms with E-state index in [1.807, 2.05) is 0 Å². The molecule has 0 aliphatic rings. The first-order chi connectivity index (χ1) is 8.04. The van der Waals surface area contributed by atoms with Gasteiger partial charge in [-0.25, -0.2) is 4.98 Å². The summed E-state index contributed by atoms with van der Waals surface area (Å²) >= 11 is 5.94. The Labute approximate surface area is 107 Å². The quantitative estimate of drug-likeness (QED) is 0.850. The van der Waals surface area contributed by atoms with Crippen LogP contribution in [0.5, 0.6) is 0 Å². The van der Waals surface area contributed by atoms with E-state index in [-0.39, 0.29) is 5.91 Å². The summed E-state index contributed by atoms with van der Waals surface area (Å²) in [6.45, 7) is 4.89. The summed E-state index contributed by atoms with van der Waals surface area (Å²) in [6, 6.07) is 1.65. The van der Waals surface area contributed by atoms with Crippen LogP contribution in [0.25, 0.3) is 0 Å². The number of nitrogens with one attached hydrogen (secondary N) is 2. The molecular weight excluding hydrogens is 238 g/mol. The maximum absolute atomic E-state index is 11.9. The van der Waals surface area contributed by atoms with Gasteiger partial charge in [0, 0.05) is 19.8 Å². The molecule has 0 aliphatic heterocycles. The molecule has 0 aliphatic carbocycles. The van der Waals surface area contributed by atoms with Gasteiger partial charge in [-0.05, 0) is 18.4 Å². The zero-order valence-electron chi connectivity index (χ0n) is 10.4. The van der Waals surface area contributed by atoms with Crippen LogP contribution in [0.4, 0.5) is 5.82 Å². The van der Waals surface area contributed by atoms with Crippen LogP contribution in [0.3, 0.4) is 0 Å². The molecule has 0 aromatic carbocycles. The van der Waals surface area contributed by atoms with E-state index in [2.05, 4.69) is 29.5 Å². The minimum absolute atomic E-state index is 0.158. The van der Waals surface area contributed by atoms with E-state index in [9.17, 15) is 4.79 Å². The number of hydrogen-bond donors (Lipinski definition) is 2. The SMILES string of the molecule is CNc1cc(C(=O)NCCC(C)C)c(Cl)cn1. The molecule has 0 unspecified atom stereocenters. The predicted molar refractivity (Wildman–Crippen MR) is 70.6 cm³/mol. The zero-order valence-corrected chi connectivity index (χ0v) is 11.1. The summed E-state index contributed by atoms with van der Waals surface area (Å²) in [7, 11) is 1.75. The van der Waals surface area contributed by atoms with Crippen molar-refractivity contribution in [2.24, 2.45) is 5.92 Å². The number of anilines is 1. The van der Waals surface area contributed by atoms with E-state index >= 15 is 0 Å². The summed E-state index contributed by atoms with van der Waals surface area (Å²) < 4.78 is 0. The molecule has 0 bridgehead atoms. The lowest BCUT2D eigenvalue weighted by atomic mass is 10.1. The van der Waals surface area contributed by atoms with Gasteiger partial charge in [-0.3, -0.25) is 4.79 Å². The Morgan fingerprint density at radius 2 is 2.24 bits per heavy atom. The van der Waals surface area contributed by atoms with Crippen molar-refractivity contribution in [1.82, 2.24) is 10.3 Å². The fourth-order valence-electron chi connectivity index (χ4n) is 1.32.